The van der Waals surface area contributed by atoms with E-state index in [1.54, 1.807) is 0 Å². The minimum Gasteiger partial charge on any atom is -0.335 e. The van der Waals surface area contributed by atoms with Gasteiger partial charge in [0.1, 0.15) is 0 Å². The molecule has 2 unspecified atom stereocenters. The van der Waals surface area contributed by atoms with Crippen molar-refractivity contribution in [2.45, 2.75) is 38.6 Å². The molecule has 3 rings (SSSR count). The summed E-state index contributed by atoms with van der Waals surface area (Å²) < 4.78 is 1.11. The van der Waals surface area contributed by atoms with Crippen LogP contribution >= 0.6 is 27.7 Å². The van der Waals surface area contributed by atoms with Crippen molar-refractivity contribution in [1.29, 1.82) is 0 Å². The Morgan fingerprint density at radius 1 is 1.32 bits per heavy atom. The normalized spacial score (nSPS) is 26.5. The van der Waals surface area contributed by atoms with Crippen molar-refractivity contribution < 1.29 is 0 Å². The summed E-state index contributed by atoms with van der Waals surface area (Å²) in [7, 11) is 0. The maximum Gasteiger partial charge on any atom is 0.161 e. The number of aliphatic imine (C=N–C) groups is 1. The summed E-state index contributed by atoms with van der Waals surface area (Å²) in [6.45, 7) is 2.13. The SMILES string of the molecule is Cc1ccc(Br)cc1NC1=NC2CCCCC2CS1. The van der Waals surface area contributed by atoms with Gasteiger partial charge in [-0.25, -0.2) is 0 Å². The standard InChI is InChI=1S/C15H19BrN2S/c1-10-6-7-12(16)8-14(10)18-15-17-13-5-3-2-4-11(13)9-19-15/h6-8,11,13H,2-5,9H2,1H3,(H,17,18). The zero-order valence-corrected chi connectivity index (χ0v) is 13.6. The number of nitrogens with zero attached hydrogens (tertiary/aromatic N) is 1. The average Bonchev–Trinajstić information content (AvgIpc) is 2.43. The van der Waals surface area contributed by atoms with Gasteiger partial charge in [-0.1, -0.05) is 46.6 Å². The van der Waals surface area contributed by atoms with Crippen LogP contribution in [-0.4, -0.2) is 17.0 Å². The largest absolute Gasteiger partial charge is 0.335 e. The number of hydrogen-bond acceptors (Lipinski definition) is 3. The van der Waals surface area contributed by atoms with Gasteiger partial charge in [0.25, 0.3) is 0 Å². The average molecular weight is 339 g/mol. The predicted molar refractivity (Wildman–Crippen MR) is 88.1 cm³/mol. The Balaban J connectivity index is 1.76. The number of nitrogens with one attached hydrogen (secondary N) is 1. The van der Waals surface area contributed by atoms with Gasteiger partial charge in [-0.2, -0.15) is 0 Å². The molecule has 1 heterocycles. The molecular formula is C15H19BrN2S. The van der Waals surface area contributed by atoms with Crippen molar-refractivity contribution in [3.8, 4) is 0 Å². The first-order valence-electron chi connectivity index (χ1n) is 6.96. The van der Waals surface area contributed by atoms with E-state index in [0.717, 1.165) is 21.2 Å². The molecule has 1 aliphatic carbocycles. The Bertz CT molecular complexity index is 501. The van der Waals surface area contributed by atoms with Crippen LogP contribution in [0, 0.1) is 12.8 Å². The fraction of sp³-hybridized carbons (Fsp3) is 0.533. The minimum atomic E-state index is 0.560. The van der Waals surface area contributed by atoms with E-state index in [0.29, 0.717) is 6.04 Å². The van der Waals surface area contributed by atoms with Crippen molar-refractivity contribution in [1.82, 2.24) is 0 Å². The molecule has 0 amide bonds. The van der Waals surface area contributed by atoms with Gasteiger partial charge in [-0.15, -0.1) is 0 Å². The van der Waals surface area contributed by atoms with E-state index in [2.05, 4.69) is 46.4 Å². The Hall–Kier alpha value is -0.480. The summed E-state index contributed by atoms with van der Waals surface area (Å²) in [5.41, 5.74) is 2.42. The molecule has 0 saturated heterocycles. The van der Waals surface area contributed by atoms with E-state index in [-0.39, 0.29) is 0 Å². The van der Waals surface area contributed by atoms with Crippen LogP contribution in [0.3, 0.4) is 0 Å². The van der Waals surface area contributed by atoms with Gasteiger partial charge in [-0.3, -0.25) is 4.99 Å². The molecule has 2 atom stereocenters. The highest BCUT2D eigenvalue weighted by Crippen LogP contribution is 2.34. The second-order valence-electron chi connectivity index (χ2n) is 5.44. The fourth-order valence-corrected chi connectivity index (χ4v) is 4.35. The molecule has 0 spiro atoms. The lowest BCUT2D eigenvalue weighted by Gasteiger charge is -2.32. The lowest BCUT2D eigenvalue weighted by atomic mass is 9.86. The third-order valence-electron chi connectivity index (χ3n) is 4.03. The third kappa shape index (κ3) is 3.16. The number of benzene rings is 1. The van der Waals surface area contributed by atoms with Crippen LogP contribution in [0.15, 0.2) is 27.7 Å². The monoisotopic (exact) mass is 338 g/mol. The summed E-state index contributed by atoms with van der Waals surface area (Å²) in [6, 6.07) is 6.90. The van der Waals surface area contributed by atoms with Gasteiger partial charge in [0.05, 0.1) is 6.04 Å². The molecule has 2 nitrogen and oxygen atoms in total. The molecule has 1 fully saturated rings. The molecule has 1 aliphatic heterocycles. The Labute approximate surface area is 127 Å². The molecular weight excluding hydrogens is 320 g/mol. The summed E-state index contributed by atoms with van der Waals surface area (Å²) in [5, 5.41) is 4.61. The number of rotatable bonds is 1. The van der Waals surface area contributed by atoms with Gasteiger partial charge >= 0.3 is 0 Å². The maximum absolute atomic E-state index is 4.92. The molecule has 2 aliphatic rings. The fourth-order valence-electron chi connectivity index (χ4n) is 2.84. The minimum absolute atomic E-state index is 0.560. The van der Waals surface area contributed by atoms with Crippen LogP contribution in [0.1, 0.15) is 31.2 Å². The first-order valence-corrected chi connectivity index (χ1v) is 8.74. The summed E-state index contributed by atoms with van der Waals surface area (Å²) >= 11 is 5.41. The highest BCUT2D eigenvalue weighted by Gasteiger charge is 2.29. The maximum atomic E-state index is 4.92. The zero-order chi connectivity index (χ0) is 13.2. The molecule has 102 valence electrons. The topological polar surface area (TPSA) is 24.4 Å². The van der Waals surface area contributed by atoms with E-state index < -0.39 is 0 Å². The quantitative estimate of drug-likeness (QED) is 0.792. The lowest BCUT2D eigenvalue weighted by molar-refractivity contribution is 0.336. The molecule has 0 bridgehead atoms. The van der Waals surface area contributed by atoms with Crippen LogP contribution in [0.25, 0.3) is 0 Å². The van der Waals surface area contributed by atoms with E-state index in [1.165, 1.54) is 37.0 Å². The number of hydrogen-bond donors (Lipinski definition) is 1. The van der Waals surface area contributed by atoms with E-state index in [4.69, 9.17) is 4.99 Å². The predicted octanol–water partition coefficient (Wildman–Crippen LogP) is 4.83. The molecule has 19 heavy (non-hydrogen) atoms. The number of thioether (sulfide) groups is 1. The second kappa shape index (κ2) is 5.88. The number of anilines is 1. The van der Waals surface area contributed by atoms with E-state index >= 15 is 0 Å². The number of aryl methyl sites for hydroxylation is 1. The molecule has 1 saturated carbocycles. The summed E-state index contributed by atoms with van der Waals surface area (Å²) in [6.07, 6.45) is 5.38. The number of halogens is 1. The number of fused-ring (bicyclic) bond motifs is 1. The van der Waals surface area contributed by atoms with Gasteiger partial charge in [0, 0.05) is 15.9 Å². The summed E-state index contributed by atoms with van der Waals surface area (Å²) in [5.74, 6) is 2.04. The molecule has 0 radical (unpaired) electrons. The first kappa shape index (κ1) is 13.5. The van der Waals surface area contributed by atoms with E-state index in [1.807, 2.05) is 11.8 Å². The van der Waals surface area contributed by atoms with Gasteiger partial charge in [0.15, 0.2) is 5.17 Å². The van der Waals surface area contributed by atoms with Crippen molar-refractivity contribution in [2.24, 2.45) is 10.9 Å². The molecule has 4 heteroatoms. The highest BCUT2D eigenvalue weighted by molar-refractivity contribution is 9.10. The molecule has 0 aromatic heterocycles. The van der Waals surface area contributed by atoms with E-state index in [9.17, 15) is 0 Å². The lowest BCUT2D eigenvalue weighted by Crippen LogP contribution is -2.31. The third-order valence-corrected chi connectivity index (χ3v) is 5.60. The molecule has 1 N–H and O–H groups in total. The van der Waals surface area contributed by atoms with Crippen molar-refractivity contribution in [3.63, 3.8) is 0 Å². The van der Waals surface area contributed by atoms with Crippen molar-refractivity contribution in [2.75, 3.05) is 11.1 Å². The van der Waals surface area contributed by atoms with Crippen LogP contribution in [-0.2, 0) is 0 Å². The van der Waals surface area contributed by atoms with Gasteiger partial charge < -0.3 is 5.32 Å². The second-order valence-corrected chi connectivity index (χ2v) is 7.37. The molecule has 1 aromatic carbocycles. The Kier molecular flexibility index (Phi) is 4.18. The van der Waals surface area contributed by atoms with Crippen molar-refractivity contribution in [3.05, 3.63) is 28.2 Å². The molecule has 1 aromatic rings. The number of amidine groups is 1. The van der Waals surface area contributed by atoms with Crippen LogP contribution < -0.4 is 5.32 Å². The van der Waals surface area contributed by atoms with Gasteiger partial charge in [-0.05, 0) is 43.4 Å². The van der Waals surface area contributed by atoms with Crippen LogP contribution in [0.4, 0.5) is 5.69 Å². The summed E-state index contributed by atoms with van der Waals surface area (Å²) in [4.78, 5) is 4.92. The van der Waals surface area contributed by atoms with Crippen LogP contribution in [0.2, 0.25) is 0 Å². The Morgan fingerprint density at radius 3 is 3.05 bits per heavy atom. The highest BCUT2D eigenvalue weighted by atomic mass is 79.9. The first-order chi connectivity index (χ1) is 9.22. The smallest absolute Gasteiger partial charge is 0.161 e. The van der Waals surface area contributed by atoms with Crippen molar-refractivity contribution >= 4 is 38.5 Å². The van der Waals surface area contributed by atoms with Gasteiger partial charge in [0.2, 0.25) is 0 Å². The zero-order valence-electron chi connectivity index (χ0n) is 11.2. The Morgan fingerprint density at radius 2 is 2.16 bits per heavy atom. The van der Waals surface area contributed by atoms with Crippen LogP contribution in [0.5, 0.6) is 0 Å².